The highest BCUT2D eigenvalue weighted by atomic mass is 15.3. The van der Waals surface area contributed by atoms with Crippen LogP contribution in [0.4, 0.5) is 0 Å². The minimum Gasteiger partial charge on any atom is -0.268 e. The summed E-state index contributed by atoms with van der Waals surface area (Å²) in [4.78, 5) is 0. The summed E-state index contributed by atoms with van der Waals surface area (Å²) >= 11 is 0. The van der Waals surface area contributed by atoms with Crippen molar-refractivity contribution in [1.82, 2.24) is 9.78 Å². The third kappa shape index (κ3) is 3.59. The van der Waals surface area contributed by atoms with Crippen molar-refractivity contribution in [2.75, 3.05) is 0 Å². The van der Waals surface area contributed by atoms with Crippen molar-refractivity contribution < 1.29 is 0 Å². The number of aromatic nitrogens is 2. The molecule has 1 rings (SSSR count). The lowest BCUT2D eigenvalue weighted by Crippen LogP contribution is -1.98. The number of allylic oxidation sites excluding steroid dienone is 6. The molecule has 0 spiro atoms. The number of aryl methyl sites for hydroxylation is 1. The van der Waals surface area contributed by atoms with Crippen LogP contribution >= 0.6 is 0 Å². The van der Waals surface area contributed by atoms with Gasteiger partial charge in [0.05, 0.1) is 5.69 Å². The SMILES string of the molecule is C=CC/C=C\C(CCC)=C(/C=C)c1ccnn1C. The molecule has 0 aliphatic heterocycles. The first-order valence-corrected chi connectivity index (χ1v) is 6.36. The molecule has 0 saturated carbocycles. The second-order valence-electron chi connectivity index (χ2n) is 4.16. The van der Waals surface area contributed by atoms with Gasteiger partial charge in [-0.15, -0.1) is 6.58 Å². The third-order valence-electron chi connectivity index (χ3n) is 2.79. The van der Waals surface area contributed by atoms with E-state index in [2.05, 4.69) is 37.3 Å². The Morgan fingerprint density at radius 3 is 2.72 bits per heavy atom. The predicted molar refractivity (Wildman–Crippen MR) is 79.2 cm³/mol. The number of nitrogens with zero attached hydrogens (tertiary/aromatic N) is 2. The Morgan fingerprint density at radius 1 is 1.44 bits per heavy atom. The zero-order valence-corrected chi connectivity index (χ0v) is 11.4. The fraction of sp³-hybridized carbons (Fsp3) is 0.312. The highest BCUT2D eigenvalue weighted by Crippen LogP contribution is 2.23. The Hall–Kier alpha value is -1.83. The minimum atomic E-state index is 0.892. The number of hydrogen-bond donors (Lipinski definition) is 0. The molecule has 0 amide bonds. The van der Waals surface area contributed by atoms with Crippen LogP contribution < -0.4 is 0 Å². The molecule has 0 N–H and O–H groups in total. The van der Waals surface area contributed by atoms with Crippen LogP contribution in [0.3, 0.4) is 0 Å². The van der Waals surface area contributed by atoms with Gasteiger partial charge >= 0.3 is 0 Å². The van der Waals surface area contributed by atoms with Gasteiger partial charge in [0.2, 0.25) is 0 Å². The van der Waals surface area contributed by atoms with E-state index in [-0.39, 0.29) is 0 Å². The van der Waals surface area contributed by atoms with Gasteiger partial charge in [-0.25, -0.2) is 0 Å². The van der Waals surface area contributed by atoms with Crippen molar-refractivity contribution in [2.24, 2.45) is 7.05 Å². The summed E-state index contributed by atoms with van der Waals surface area (Å²) in [5, 5.41) is 4.22. The fourth-order valence-corrected chi connectivity index (χ4v) is 1.92. The largest absolute Gasteiger partial charge is 0.268 e. The van der Waals surface area contributed by atoms with E-state index in [1.165, 1.54) is 5.57 Å². The maximum Gasteiger partial charge on any atom is 0.0681 e. The van der Waals surface area contributed by atoms with E-state index < -0.39 is 0 Å². The zero-order chi connectivity index (χ0) is 13.4. The zero-order valence-electron chi connectivity index (χ0n) is 11.4. The van der Waals surface area contributed by atoms with Crippen molar-refractivity contribution in [2.45, 2.75) is 26.2 Å². The topological polar surface area (TPSA) is 17.8 Å². The van der Waals surface area contributed by atoms with Gasteiger partial charge in [0.1, 0.15) is 0 Å². The molecule has 18 heavy (non-hydrogen) atoms. The average molecular weight is 242 g/mol. The lowest BCUT2D eigenvalue weighted by Gasteiger charge is -2.09. The van der Waals surface area contributed by atoms with Crippen LogP contribution in [0, 0.1) is 0 Å². The quantitative estimate of drug-likeness (QED) is 0.515. The van der Waals surface area contributed by atoms with E-state index in [0.29, 0.717) is 0 Å². The van der Waals surface area contributed by atoms with Gasteiger partial charge in [0.25, 0.3) is 0 Å². The van der Waals surface area contributed by atoms with E-state index in [0.717, 1.165) is 30.5 Å². The normalized spacial score (nSPS) is 12.6. The maximum atomic E-state index is 4.22. The van der Waals surface area contributed by atoms with E-state index in [4.69, 9.17) is 0 Å². The molecule has 0 radical (unpaired) electrons. The van der Waals surface area contributed by atoms with Gasteiger partial charge < -0.3 is 0 Å². The highest BCUT2D eigenvalue weighted by molar-refractivity contribution is 5.76. The first kappa shape index (κ1) is 14.2. The molecule has 1 aromatic rings. The molecule has 1 aromatic heterocycles. The molecule has 2 nitrogen and oxygen atoms in total. The van der Waals surface area contributed by atoms with E-state index in [1.807, 2.05) is 36.1 Å². The fourth-order valence-electron chi connectivity index (χ4n) is 1.92. The molecular weight excluding hydrogens is 220 g/mol. The Kier molecular flexibility index (Phi) is 5.92. The first-order chi connectivity index (χ1) is 8.74. The molecule has 0 unspecified atom stereocenters. The summed E-state index contributed by atoms with van der Waals surface area (Å²) in [6, 6.07) is 2.02. The summed E-state index contributed by atoms with van der Waals surface area (Å²) in [6.45, 7) is 9.85. The second-order valence-corrected chi connectivity index (χ2v) is 4.16. The molecule has 0 aliphatic rings. The van der Waals surface area contributed by atoms with E-state index >= 15 is 0 Å². The van der Waals surface area contributed by atoms with Crippen molar-refractivity contribution in [1.29, 1.82) is 0 Å². The molecule has 96 valence electrons. The van der Waals surface area contributed by atoms with Crippen molar-refractivity contribution >= 4 is 5.57 Å². The van der Waals surface area contributed by atoms with E-state index in [9.17, 15) is 0 Å². The summed E-state index contributed by atoms with van der Waals surface area (Å²) < 4.78 is 1.88. The molecule has 0 atom stereocenters. The summed E-state index contributed by atoms with van der Waals surface area (Å²) in [5.41, 5.74) is 3.58. The molecule has 0 bridgehead atoms. The summed E-state index contributed by atoms with van der Waals surface area (Å²) in [5.74, 6) is 0. The van der Waals surface area contributed by atoms with Crippen LogP contribution in [-0.4, -0.2) is 9.78 Å². The summed E-state index contributed by atoms with van der Waals surface area (Å²) in [6.07, 6.45) is 13.0. The Labute approximate surface area is 110 Å². The van der Waals surface area contributed by atoms with Crippen molar-refractivity contribution in [3.05, 3.63) is 61.0 Å². The number of hydrogen-bond acceptors (Lipinski definition) is 1. The maximum absolute atomic E-state index is 4.22. The summed E-state index contributed by atoms with van der Waals surface area (Å²) in [7, 11) is 1.95. The minimum absolute atomic E-state index is 0.892. The highest BCUT2D eigenvalue weighted by Gasteiger charge is 2.07. The third-order valence-corrected chi connectivity index (χ3v) is 2.79. The molecule has 0 aliphatic carbocycles. The van der Waals surface area contributed by atoms with Crippen molar-refractivity contribution in [3.63, 3.8) is 0 Å². The van der Waals surface area contributed by atoms with Crippen LogP contribution in [0.15, 0.2) is 55.3 Å². The van der Waals surface area contributed by atoms with E-state index in [1.54, 1.807) is 0 Å². The second kappa shape index (κ2) is 7.49. The van der Waals surface area contributed by atoms with Crippen molar-refractivity contribution in [3.8, 4) is 0 Å². The van der Waals surface area contributed by atoms with Gasteiger partial charge in [-0.2, -0.15) is 5.10 Å². The molecule has 1 heterocycles. The lowest BCUT2D eigenvalue weighted by molar-refractivity contribution is 0.756. The molecule has 0 fully saturated rings. The molecule has 0 aromatic carbocycles. The van der Waals surface area contributed by atoms with Gasteiger partial charge in [0, 0.05) is 18.8 Å². The van der Waals surface area contributed by atoms with Crippen LogP contribution in [0.5, 0.6) is 0 Å². The smallest absolute Gasteiger partial charge is 0.0681 e. The monoisotopic (exact) mass is 242 g/mol. The van der Waals surface area contributed by atoms with Gasteiger partial charge in [-0.1, -0.05) is 44.2 Å². The van der Waals surface area contributed by atoms with Crippen LogP contribution in [0.1, 0.15) is 31.9 Å². The predicted octanol–water partition coefficient (Wildman–Crippen LogP) is 4.29. The Bertz CT molecular complexity index is 461. The van der Waals surface area contributed by atoms with Gasteiger partial charge in [-0.05, 0) is 24.5 Å². The molecule has 2 heteroatoms. The average Bonchev–Trinajstić information content (AvgIpc) is 2.77. The van der Waals surface area contributed by atoms with Crippen LogP contribution in [0.25, 0.3) is 5.57 Å². The Morgan fingerprint density at radius 2 is 2.22 bits per heavy atom. The Balaban J connectivity index is 3.17. The lowest BCUT2D eigenvalue weighted by atomic mass is 10.00. The van der Waals surface area contributed by atoms with Gasteiger partial charge in [0.15, 0.2) is 0 Å². The standard InChI is InChI=1S/C16H22N2/c1-5-8-9-11-14(10-6-2)15(7-3)16-12-13-17-18(16)4/h5,7,9,11-13H,1,3,6,8,10H2,2,4H3/b11-9-,15-14+. The number of rotatable bonds is 7. The van der Waals surface area contributed by atoms with Gasteiger partial charge in [-0.3, -0.25) is 4.68 Å². The molecular formula is C16H22N2. The first-order valence-electron chi connectivity index (χ1n) is 6.36. The van der Waals surface area contributed by atoms with Crippen LogP contribution in [0.2, 0.25) is 0 Å². The molecule has 0 saturated heterocycles. The van der Waals surface area contributed by atoms with Crippen LogP contribution in [-0.2, 0) is 7.05 Å².